The largest absolute Gasteiger partial charge is 0.351 e. The summed E-state index contributed by atoms with van der Waals surface area (Å²) in [6.45, 7) is 2.35. The fraction of sp³-hybridized carbons (Fsp3) is 0.455. The predicted molar refractivity (Wildman–Crippen MR) is 51.6 cm³/mol. The van der Waals surface area contributed by atoms with Crippen molar-refractivity contribution in [2.75, 3.05) is 6.61 Å². The summed E-state index contributed by atoms with van der Waals surface area (Å²) in [5.74, 6) is -0.459. The van der Waals surface area contributed by atoms with Crippen LogP contribution in [0.2, 0.25) is 0 Å². The van der Waals surface area contributed by atoms with E-state index in [2.05, 4.69) is 6.07 Å². The zero-order valence-electron chi connectivity index (χ0n) is 8.34. The predicted octanol–water partition coefficient (Wildman–Crippen LogP) is 0.953. The van der Waals surface area contributed by atoms with Gasteiger partial charge in [-0.25, -0.2) is 0 Å². The third-order valence-corrected chi connectivity index (χ3v) is 2.56. The molecule has 1 spiro atoms. The Hall–Kier alpha value is -1.44. The van der Waals surface area contributed by atoms with E-state index in [1.807, 2.05) is 6.92 Å². The molecule has 1 saturated heterocycles. The van der Waals surface area contributed by atoms with Crippen LogP contribution in [-0.4, -0.2) is 24.3 Å². The van der Waals surface area contributed by atoms with Gasteiger partial charge in [-0.05, 0) is 31.2 Å². The molecule has 1 aliphatic heterocycles. The molecule has 2 atom stereocenters. The number of nitrogens with zero attached hydrogens (tertiary/aromatic N) is 1. The van der Waals surface area contributed by atoms with Crippen molar-refractivity contribution < 1.29 is 14.3 Å². The lowest BCUT2D eigenvalue weighted by Gasteiger charge is -2.48. The minimum absolute atomic E-state index is 0.0826. The molecule has 1 aliphatic carbocycles. The van der Waals surface area contributed by atoms with E-state index in [-0.39, 0.29) is 11.7 Å². The van der Waals surface area contributed by atoms with Gasteiger partial charge in [0.15, 0.2) is 12.1 Å². The topological polar surface area (TPSA) is 59.3 Å². The third kappa shape index (κ3) is 1.50. The Balaban J connectivity index is 2.14. The highest BCUT2D eigenvalue weighted by Gasteiger charge is 2.54. The maximum atomic E-state index is 10.9. The van der Waals surface area contributed by atoms with Gasteiger partial charge in [-0.3, -0.25) is 4.79 Å². The summed E-state index contributed by atoms with van der Waals surface area (Å²) in [4.78, 5) is 10.9. The Bertz CT molecular complexity index is 362. The number of allylic oxidation sites excluding steroid dienone is 2. The van der Waals surface area contributed by atoms with Gasteiger partial charge in [0.05, 0.1) is 6.07 Å². The molecule has 15 heavy (non-hydrogen) atoms. The first-order valence-electron chi connectivity index (χ1n) is 4.83. The van der Waals surface area contributed by atoms with Crippen molar-refractivity contribution in [1.82, 2.24) is 0 Å². The molecule has 0 radical (unpaired) electrons. The molecule has 0 saturated carbocycles. The zero-order chi connectivity index (χ0) is 10.9. The lowest BCUT2D eigenvalue weighted by atomic mass is 9.79. The molecule has 0 unspecified atom stereocenters. The second-order valence-electron chi connectivity index (χ2n) is 3.47. The van der Waals surface area contributed by atoms with Crippen LogP contribution in [0.3, 0.4) is 0 Å². The molecule has 4 nitrogen and oxygen atoms in total. The first-order valence-corrected chi connectivity index (χ1v) is 4.83. The number of rotatable bonds is 2. The summed E-state index contributed by atoms with van der Waals surface area (Å²) in [7, 11) is 0. The average molecular weight is 205 g/mol. The Labute approximate surface area is 87.8 Å². The molecule has 1 fully saturated rings. The van der Waals surface area contributed by atoms with E-state index in [1.54, 1.807) is 12.2 Å². The normalized spacial score (nSPS) is 31.3. The molecular weight excluding hydrogens is 194 g/mol. The van der Waals surface area contributed by atoms with Crippen LogP contribution < -0.4 is 0 Å². The van der Waals surface area contributed by atoms with Crippen LogP contribution >= 0.6 is 0 Å². The Morgan fingerprint density at radius 3 is 2.80 bits per heavy atom. The summed E-state index contributed by atoms with van der Waals surface area (Å²) < 4.78 is 10.7. The molecule has 2 aliphatic rings. The molecule has 0 aromatic carbocycles. The van der Waals surface area contributed by atoms with Gasteiger partial charge in [-0.15, -0.1) is 0 Å². The minimum Gasteiger partial charge on any atom is -0.351 e. The monoisotopic (exact) mass is 205 g/mol. The van der Waals surface area contributed by atoms with Crippen molar-refractivity contribution in [1.29, 1.82) is 5.26 Å². The number of ether oxygens (including phenoxy) is 2. The molecule has 78 valence electrons. The molecule has 4 heteroatoms. The number of carbonyl (C=O) groups excluding carboxylic acids is 1. The zero-order valence-corrected chi connectivity index (χ0v) is 8.34. The van der Waals surface area contributed by atoms with Gasteiger partial charge >= 0.3 is 0 Å². The van der Waals surface area contributed by atoms with E-state index in [0.717, 1.165) is 0 Å². The summed E-state index contributed by atoms with van der Waals surface area (Å²) >= 11 is 0. The SMILES string of the molecule is CCO[C@@H]1OC2(C=CC(=O)C=C2)[C@@H]1C#N. The van der Waals surface area contributed by atoms with E-state index in [1.165, 1.54) is 12.2 Å². The van der Waals surface area contributed by atoms with Crippen molar-refractivity contribution in [2.45, 2.75) is 18.8 Å². The molecule has 1 heterocycles. The first kappa shape index (κ1) is 10.1. The number of hydrogen-bond donors (Lipinski definition) is 0. The summed E-state index contributed by atoms with van der Waals surface area (Å²) in [5, 5.41) is 9.00. The molecule has 0 amide bonds. The van der Waals surface area contributed by atoms with E-state index >= 15 is 0 Å². The quantitative estimate of drug-likeness (QED) is 0.673. The van der Waals surface area contributed by atoms with Gasteiger partial charge in [0.1, 0.15) is 11.5 Å². The molecule has 2 rings (SSSR count). The maximum absolute atomic E-state index is 10.9. The number of hydrogen-bond acceptors (Lipinski definition) is 4. The summed E-state index contributed by atoms with van der Waals surface area (Å²) in [5.41, 5.74) is -0.748. The van der Waals surface area contributed by atoms with Crippen LogP contribution in [0.15, 0.2) is 24.3 Å². The van der Waals surface area contributed by atoms with Crippen LogP contribution in [0.25, 0.3) is 0 Å². The Morgan fingerprint density at radius 1 is 1.60 bits per heavy atom. The van der Waals surface area contributed by atoms with Gasteiger partial charge in [0, 0.05) is 6.61 Å². The molecule has 0 aromatic heterocycles. The van der Waals surface area contributed by atoms with Crippen molar-refractivity contribution in [3.05, 3.63) is 24.3 Å². The summed E-state index contributed by atoms with van der Waals surface area (Å²) in [6.07, 6.45) is 5.61. The van der Waals surface area contributed by atoms with Crippen LogP contribution in [0.5, 0.6) is 0 Å². The minimum atomic E-state index is -0.748. The smallest absolute Gasteiger partial charge is 0.178 e. The molecule has 0 N–H and O–H groups in total. The summed E-state index contributed by atoms with van der Waals surface area (Å²) in [6, 6.07) is 2.15. The lowest BCUT2D eigenvalue weighted by molar-refractivity contribution is -0.300. The average Bonchev–Trinajstić information content (AvgIpc) is 2.21. The fourth-order valence-corrected chi connectivity index (χ4v) is 1.76. The number of carbonyl (C=O) groups is 1. The highest BCUT2D eigenvalue weighted by molar-refractivity contribution is 6.00. The Morgan fingerprint density at radius 2 is 2.27 bits per heavy atom. The van der Waals surface area contributed by atoms with Crippen LogP contribution in [0, 0.1) is 17.2 Å². The lowest BCUT2D eigenvalue weighted by Crippen LogP contribution is -2.58. The van der Waals surface area contributed by atoms with Crippen molar-refractivity contribution in [3.63, 3.8) is 0 Å². The van der Waals surface area contributed by atoms with Crippen LogP contribution in [-0.2, 0) is 14.3 Å². The fourth-order valence-electron chi connectivity index (χ4n) is 1.76. The van der Waals surface area contributed by atoms with E-state index in [9.17, 15) is 4.79 Å². The Kier molecular flexibility index (Phi) is 2.43. The van der Waals surface area contributed by atoms with Gasteiger partial charge in [-0.1, -0.05) is 0 Å². The van der Waals surface area contributed by atoms with Crippen LogP contribution in [0.1, 0.15) is 6.92 Å². The van der Waals surface area contributed by atoms with Crippen LogP contribution in [0.4, 0.5) is 0 Å². The number of ketones is 1. The van der Waals surface area contributed by atoms with E-state index < -0.39 is 11.9 Å². The van der Waals surface area contributed by atoms with E-state index in [4.69, 9.17) is 14.7 Å². The van der Waals surface area contributed by atoms with Gasteiger partial charge < -0.3 is 9.47 Å². The number of nitriles is 1. The highest BCUT2D eigenvalue weighted by Crippen LogP contribution is 2.42. The van der Waals surface area contributed by atoms with Gasteiger partial charge in [-0.2, -0.15) is 5.26 Å². The second-order valence-corrected chi connectivity index (χ2v) is 3.47. The highest BCUT2D eigenvalue weighted by atomic mass is 16.7. The van der Waals surface area contributed by atoms with Crippen molar-refractivity contribution >= 4 is 5.78 Å². The molecule has 0 aromatic rings. The van der Waals surface area contributed by atoms with E-state index in [0.29, 0.717) is 6.61 Å². The van der Waals surface area contributed by atoms with Gasteiger partial charge in [0.2, 0.25) is 0 Å². The molecular formula is C11H11NO3. The third-order valence-electron chi connectivity index (χ3n) is 2.56. The molecule has 0 bridgehead atoms. The maximum Gasteiger partial charge on any atom is 0.178 e. The van der Waals surface area contributed by atoms with Gasteiger partial charge in [0.25, 0.3) is 0 Å². The second kappa shape index (κ2) is 3.61. The standard InChI is InChI=1S/C11H11NO3/c1-2-14-10-9(7-12)11(15-10)5-3-8(13)4-6-11/h3-6,9-10H,2H2,1H3/t9-,10-/m1/s1. The van der Waals surface area contributed by atoms with Crippen molar-refractivity contribution in [2.24, 2.45) is 5.92 Å². The van der Waals surface area contributed by atoms with Crippen molar-refractivity contribution in [3.8, 4) is 6.07 Å². The first-order chi connectivity index (χ1) is 7.22.